The Hall–Kier alpha value is -3.12. The van der Waals surface area contributed by atoms with Crippen molar-refractivity contribution < 1.29 is 14.0 Å². The molecule has 2 aromatic carbocycles. The third-order valence-corrected chi connectivity index (χ3v) is 5.20. The van der Waals surface area contributed by atoms with E-state index in [2.05, 4.69) is 0 Å². The first kappa shape index (κ1) is 17.3. The van der Waals surface area contributed by atoms with E-state index >= 15 is 0 Å². The molecule has 1 aliphatic heterocycles. The number of amides is 2. The fourth-order valence-corrected chi connectivity index (χ4v) is 3.84. The summed E-state index contributed by atoms with van der Waals surface area (Å²) in [5, 5.41) is 0.153. The van der Waals surface area contributed by atoms with Crippen LogP contribution in [0.5, 0.6) is 0 Å². The van der Waals surface area contributed by atoms with Gasteiger partial charge in [-0.25, -0.2) is 0 Å². The highest BCUT2D eigenvalue weighted by molar-refractivity contribution is 8.18. The summed E-state index contributed by atoms with van der Waals surface area (Å²) in [7, 11) is 0. The van der Waals surface area contributed by atoms with Crippen LogP contribution < -0.4 is 5.43 Å². The van der Waals surface area contributed by atoms with Gasteiger partial charge in [0.15, 0.2) is 5.43 Å². The van der Waals surface area contributed by atoms with Crippen LogP contribution in [0, 0.1) is 0 Å². The molecule has 0 atom stereocenters. The zero-order valence-electron chi connectivity index (χ0n) is 14.5. The summed E-state index contributed by atoms with van der Waals surface area (Å²) in [6.07, 6.45) is 1.63. The van der Waals surface area contributed by atoms with E-state index in [1.54, 1.807) is 31.2 Å². The number of nitrogens with zero attached hydrogens (tertiary/aromatic N) is 1. The van der Waals surface area contributed by atoms with Crippen LogP contribution in [0.3, 0.4) is 0 Å². The Balaban J connectivity index is 1.75. The molecule has 5 nitrogen and oxygen atoms in total. The smallest absolute Gasteiger partial charge is 0.293 e. The summed E-state index contributed by atoms with van der Waals surface area (Å²) in [6, 6.07) is 16.0. The van der Waals surface area contributed by atoms with Gasteiger partial charge in [-0.1, -0.05) is 36.4 Å². The van der Waals surface area contributed by atoms with Gasteiger partial charge in [0.25, 0.3) is 11.1 Å². The number of hydrogen-bond donors (Lipinski definition) is 0. The van der Waals surface area contributed by atoms with Crippen molar-refractivity contribution in [1.82, 2.24) is 4.90 Å². The monoisotopic (exact) mass is 377 g/mol. The van der Waals surface area contributed by atoms with Crippen LogP contribution in [0.1, 0.15) is 12.5 Å². The minimum absolute atomic E-state index is 0.160. The average Bonchev–Trinajstić information content (AvgIpc) is 2.95. The van der Waals surface area contributed by atoms with Crippen LogP contribution in [0.2, 0.25) is 0 Å². The molecule has 27 heavy (non-hydrogen) atoms. The van der Waals surface area contributed by atoms with Crippen molar-refractivity contribution in [3.05, 3.63) is 75.3 Å². The second kappa shape index (κ2) is 6.89. The third-order valence-electron chi connectivity index (χ3n) is 4.30. The first-order chi connectivity index (χ1) is 13.1. The first-order valence-electron chi connectivity index (χ1n) is 8.45. The van der Waals surface area contributed by atoms with E-state index in [1.807, 2.05) is 30.3 Å². The number of benzene rings is 2. The number of hydrogen-bond acceptors (Lipinski definition) is 5. The summed E-state index contributed by atoms with van der Waals surface area (Å²) in [5.41, 5.74) is 1.81. The molecule has 4 rings (SSSR count). The lowest BCUT2D eigenvalue weighted by molar-refractivity contribution is -0.122. The number of carbonyl (C=O) groups is 2. The van der Waals surface area contributed by atoms with Crippen molar-refractivity contribution in [1.29, 1.82) is 0 Å². The molecule has 1 aromatic heterocycles. The Morgan fingerprint density at radius 1 is 1.04 bits per heavy atom. The molecule has 0 saturated carbocycles. The molecule has 0 radical (unpaired) electrons. The highest BCUT2D eigenvalue weighted by atomic mass is 32.2. The van der Waals surface area contributed by atoms with Gasteiger partial charge in [-0.3, -0.25) is 19.3 Å². The lowest BCUT2D eigenvalue weighted by Gasteiger charge is -2.07. The van der Waals surface area contributed by atoms with Crippen LogP contribution in [-0.2, 0) is 4.79 Å². The lowest BCUT2D eigenvalue weighted by Crippen LogP contribution is -2.27. The quantitative estimate of drug-likeness (QED) is 0.628. The molecular formula is C21H15NO4S. The zero-order valence-corrected chi connectivity index (χ0v) is 15.3. The number of fused-ring (bicyclic) bond motifs is 1. The maximum Gasteiger partial charge on any atom is 0.293 e. The molecule has 0 unspecified atom stereocenters. The van der Waals surface area contributed by atoms with E-state index in [9.17, 15) is 14.4 Å². The number of thioether (sulfide) groups is 1. The molecule has 3 aromatic rings. The fourth-order valence-electron chi connectivity index (χ4n) is 2.93. The van der Waals surface area contributed by atoms with Crippen molar-refractivity contribution in [2.24, 2.45) is 0 Å². The van der Waals surface area contributed by atoms with Crippen molar-refractivity contribution in [3.8, 4) is 11.3 Å². The van der Waals surface area contributed by atoms with E-state index in [-0.39, 0.29) is 16.6 Å². The van der Waals surface area contributed by atoms with Crippen LogP contribution in [0.25, 0.3) is 28.4 Å². The van der Waals surface area contributed by atoms with Gasteiger partial charge in [0, 0.05) is 18.2 Å². The van der Waals surface area contributed by atoms with Crippen molar-refractivity contribution in [2.75, 3.05) is 6.54 Å². The molecule has 0 spiro atoms. The van der Waals surface area contributed by atoms with Gasteiger partial charge in [-0.05, 0) is 42.5 Å². The molecule has 134 valence electrons. The SMILES string of the molecule is CCN1C(=O)S/C(=C\c2ccc3oc(-c4ccccc4)cc(=O)c3c2)C1=O. The second-order valence-electron chi connectivity index (χ2n) is 6.02. The van der Waals surface area contributed by atoms with Crippen molar-refractivity contribution in [2.45, 2.75) is 6.92 Å². The molecule has 0 bridgehead atoms. The van der Waals surface area contributed by atoms with Gasteiger partial charge >= 0.3 is 0 Å². The van der Waals surface area contributed by atoms with Gasteiger partial charge in [0.05, 0.1) is 10.3 Å². The highest BCUT2D eigenvalue weighted by Gasteiger charge is 2.33. The number of likely N-dealkylation sites (N-methyl/N-ethyl adjacent to an activating group) is 1. The maximum absolute atomic E-state index is 12.6. The van der Waals surface area contributed by atoms with E-state index in [0.717, 1.165) is 17.3 Å². The van der Waals surface area contributed by atoms with Gasteiger partial charge in [-0.15, -0.1) is 0 Å². The van der Waals surface area contributed by atoms with Gasteiger partial charge in [0.2, 0.25) is 0 Å². The summed E-state index contributed by atoms with van der Waals surface area (Å²) in [4.78, 5) is 38.1. The Morgan fingerprint density at radius 3 is 2.52 bits per heavy atom. The van der Waals surface area contributed by atoms with Gasteiger partial charge < -0.3 is 4.42 Å². The summed E-state index contributed by atoms with van der Waals surface area (Å²) < 4.78 is 5.87. The minimum Gasteiger partial charge on any atom is -0.456 e. The van der Waals surface area contributed by atoms with Crippen molar-refractivity contribution >= 4 is 40.0 Å². The van der Waals surface area contributed by atoms with Crippen molar-refractivity contribution in [3.63, 3.8) is 0 Å². The van der Waals surface area contributed by atoms with Crippen LogP contribution in [0.4, 0.5) is 4.79 Å². The molecule has 1 fully saturated rings. The molecule has 6 heteroatoms. The van der Waals surface area contributed by atoms with E-state index in [4.69, 9.17) is 4.42 Å². The summed E-state index contributed by atoms with van der Waals surface area (Å²) >= 11 is 0.908. The molecule has 1 saturated heterocycles. The Kier molecular flexibility index (Phi) is 4.41. The standard InChI is InChI=1S/C21H15NO4S/c1-2-22-20(24)19(27-21(22)25)11-13-8-9-17-15(10-13)16(23)12-18(26-17)14-6-4-3-5-7-14/h3-12H,2H2,1H3/b19-11-. The largest absolute Gasteiger partial charge is 0.456 e. The molecule has 2 amide bonds. The lowest BCUT2D eigenvalue weighted by atomic mass is 10.1. The molecule has 0 aliphatic carbocycles. The van der Waals surface area contributed by atoms with E-state index in [0.29, 0.717) is 33.7 Å². The predicted octanol–water partition coefficient (Wildman–Crippen LogP) is 4.52. The van der Waals surface area contributed by atoms with Crippen LogP contribution >= 0.6 is 11.8 Å². The Labute approximate surface area is 159 Å². The second-order valence-corrected chi connectivity index (χ2v) is 7.02. The van der Waals surface area contributed by atoms with Crippen LogP contribution in [0.15, 0.2) is 68.7 Å². The Bertz CT molecular complexity index is 1150. The van der Waals surface area contributed by atoms with E-state index in [1.165, 1.54) is 11.0 Å². The molecular weight excluding hydrogens is 362 g/mol. The topological polar surface area (TPSA) is 67.6 Å². The molecule has 1 aliphatic rings. The first-order valence-corrected chi connectivity index (χ1v) is 9.27. The third kappa shape index (κ3) is 3.19. The summed E-state index contributed by atoms with van der Waals surface area (Å²) in [6.45, 7) is 2.09. The predicted molar refractivity (Wildman–Crippen MR) is 106 cm³/mol. The number of imide groups is 1. The molecule has 2 heterocycles. The maximum atomic E-state index is 12.6. The minimum atomic E-state index is -0.306. The zero-order chi connectivity index (χ0) is 19.0. The highest BCUT2D eigenvalue weighted by Crippen LogP contribution is 2.32. The van der Waals surface area contributed by atoms with Gasteiger partial charge in [-0.2, -0.15) is 0 Å². The van der Waals surface area contributed by atoms with Crippen LogP contribution in [-0.4, -0.2) is 22.6 Å². The molecule has 0 N–H and O–H groups in total. The number of carbonyl (C=O) groups excluding carboxylic acids is 2. The van der Waals surface area contributed by atoms with E-state index < -0.39 is 0 Å². The normalized spacial score (nSPS) is 15.9. The number of rotatable bonds is 3. The summed E-state index contributed by atoms with van der Waals surface area (Å²) in [5.74, 6) is 0.198. The fraction of sp³-hybridized carbons (Fsp3) is 0.0952. The Morgan fingerprint density at radius 2 is 1.81 bits per heavy atom. The average molecular weight is 377 g/mol. The van der Waals surface area contributed by atoms with Gasteiger partial charge in [0.1, 0.15) is 11.3 Å².